The summed E-state index contributed by atoms with van der Waals surface area (Å²) in [7, 11) is 5.07. The second-order valence-corrected chi connectivity index (χ2v) is 8.10. The monoisotopic (exact) mass is 470 g/mol. The molecule has 1 aliphatic heterocycles. The van der Waals surface area contributed by atoms with Crippen LogP contribution in [-0.2, 0) is 21.0 Å². The molecule has 174 valence electrons. The van der Waals surface area contributed by atoms with Crippen molar-refractivity contribution in [3.8, 4) is 5.75 Å². The first-order valence-corrected chi connectivity index (χ1v) is 10.7. The number of methoxy groups -OCH3 is 1. The predicted molar refractivity (Wildman–Crippen MR) is 128 cm³/mol. The van der Waals surface area contributed by atoms with Crippen LogP contribution < -0.4 is 10.1 Å². The van der Waals surface area contributed by atoms with E-state index in [-0.39, 0.29) is 12.4 Å². The molecule has 0 bridgehead atoms. The van der Waals surface area contributed by atoms with Crippen LogP contribution in [0.2, 0.25) is 5.02 Å². The zero-order valence-electron chi connectivity index (χ0n) is 19.0. The highest BCUT2D eigenvalue weighted by molar-refractivity contribution is 6.30. The van der Waals surface area contributed by atoms with E-state index in [1.54, 1.807) is 6.08 Å². The third kappa shape index (κ3) is 6.57. The Morgan fingerprint density at radius 2 is 2.00 bits per heavy atom. The Morgan fingerprint density at radius 1 is 1.21 bits per heavy atom. The van der Waals surface area contributed by atoms with Crippen molar-refractivity contribution in [2.45, 2.75) is 25.6 Å². The van der Waals surface area contributed by atoms with Crippen molar-refractivity contribution in [1.29, 1.82) is 0 Å². The molecule has 3 rings (SSSR count). The minimum absolute atomic E-state index is 0.0884. The van der Waals surface area contributed by atoms with E-state index in [1.807, 2.05) is 74.4 Å². The molecule has 9 heteroatoms. The Balaban J connectivity index is 1.71. The predicted octanol–water partition coefficient (Wildman–Crippen LogP) is 3.95. The number of esters is 1. The van der Waals surface area contributed by atoms with Crippen molar-refractivity contribution in [3.05, 3.63) is 76.6 Å². The van der Waals surface area contributed by atoms with Crippen LogP contribution in [0.15, 0.2) is 70.6 Å². The number of rotatable bonds is 9. The average molecular weight is 471 g/mol. The number of nitrogens with zero attached hydrogens (tertiary/aromatic N) is 3. The van der Waals surface area contributed by atoms with Crippen LogP contribution >= 0.6 is 11.6 Å². The van der Waals surface area contributed by atoms with E-state index in [1.165, 1.54) is 13.4 Å². The molecule has 2 aromatic rings. The average Bonchev–Trinajstić information content (AvgIpc) is 2.79. The van der Waals surface area contributed by atoms with Crippen molar-refractivity contribution in [2.75, 3.05) is 21.2 Å². The number of benzene rings is 2. The lowest BCUT2D eigenvalue weighted by Gasteiger charge is -2.38. The summed E-state index contributed by atoms with van der Waals surface area (Å²) in [5.74, 6) is 0.580. The van der Waals surface area contributed by atoms with Gasteiger partial charge in [0.2, 0.25) is 5.88 Å². The highest BCUT2D eigenvalue weighted by atomic mass is 35.5. The van der Waals surface area contributed by atoms with Crippen LogP contribution in [-0.4, -0.2) is 49.8 Å². The van der Waals surface area contributed by atoms with Crippen molar-refractivity contribution < 1.29 is 19.1 Å². The highest BCUT2D eigenvalue weighted by Crippen LogP contribution is 2.24. The van der Waals surface area contributed by atoms with Crippen LogP contribution in [0.25, 0.3) is 0 Å². The van der Waals surface area contributed by atoms with Gasteiger partial charge >= 0.3 is 5.97 Å². The van der Waals surface area contributed by atoms with E-state index in [9.17, 15) is 4.79 Å². The molecular weight excluding hydrogens is 444 g/mol. The number of carbonyl (C=O) groups is 1. The summed E-state index contributed by atoms with van der Waals surface area (Å²) in [4.78, 5) is 23.5. The Kier molecular flexibility index (Phi) is 8.08. The number of oxime groups is 1. The van der Waals surface area contributed by atoms with Gasteiger partial charge in [-0.2, -0.15) is 0 Å². The highest BCUT2D eigenvalue weighted by Gasteiger charge is 2.35. The van der Waals surface area contributed by atoms with Gasteiger partial charge in [0.05, 0.1) is 25.6 Å². The van der Waals surface area contributed by atoms with E-state index >= 15 is 0 Å². The molecule has 0 aliphatic carbocycles. The van der Waals surface area contributed by atoms with Crippen LogP contribution in [0.1, 0.15) is 24.5 Å². The minimum Gasteiger partial charge on any atom is -0.469 e. The van der Waals surface area contributed by atoms with Crippen LogP contribution in [0.5, 0.6) is 5.75 Å². The van der Waals surface area contributed by atoms with Crippen LogP contribution in [0, 0.1) is 0 Å². The number of hydrogen-bond donors (Lipinski definition) is 1. The molecule has 0 radical (unpaired) electrons. The first kappa shape index (κ1) is 24.3. The maximum atomic E-state index is 11.9. The van der Waals surface area contributed by atoms with E-state index in [0.29, 0.717) is 29.0 Å². The van der Waals surface area contributed by atoms with Gasteiger partial charge < -0.3 is 19.6 Å². The van der Waals surface area contributed by atoms with Gasteiger partial charge in [-0.15, -0.1) is 0 Å². The molecule has 1 atom stereocenters. The fraction of sp³-hybridized carbons (Fsp3) is 0.292. The Labute approximate surface area is 198 Å². The number of nitrogens with one attached hydrogen (secondary N) is 1. The summed E-state index contributed by atoms with van der Waals surface area (Å²) in [5.41, 5.74) is 1.65. The molecule has 2 aromatic carbocycles. The number of carbonyl (C=O) groups excluding carboxylic acids is 1. The van der Waals surface area contributed by atoms with Crippen LogP contribution in [0.3, 0.4) is 0 Å². The lowest BCUT2D eigenvalue weighted by molar-refractivity contribution is -0.143. The number of ether oxygens (including phenoxy) is 2. The molecule has 1 unspecified atom stereocenters. The summed E-state index contributed by atoms with van der Waals surface area (Å²) < 4.78 is 10.8. The summed E-state index contributed by atoms with van der Waals surface area (Å²) in [6, 6.07) is 14.9. The maximum Gasteiger partial charge on any atom is 0.309 e. The SMILES string of the molecule is COC(=O)CC1(N(C)C)C=C(Oc2cccc(C(C)=NOCc3cccc(Cl)c3)c2)N=CN1. The minimum atomic E-state index is -0.812. The maximum absolute atomic E-state index is 11.9. The lowest BCUT2D eigenvalue weighted by Crippen LogP contribution is -2.57. The largest absolute Gasteiger partial charge is 0.469 e. The van der Waals surface area contributed by atoms with E-state index in [0.717, 1.165) is 11.1 Å². The smallest absolute Gasteiger partial charge is 0.309 e. The van der Waals surface area contributed by atoms with Crippen molar-refractivity contribution in [3.63, 3.8) is 0 Å². The molecule has 1 aliphatic rings. The molecule has 8 nitrogen and oxygen atoms in total. The number of hydrogen-bond acceptors (Lipinski definition) is 8. The molecule has 0 amide bonds. The van der Waals surface area contributed by atoms with E-state index in [2.05, 4.69) is 15.5 Å². The Morgan fingerprint density at radius 3 is 2.73 bits per heavy atom. The number of halogens is 1. The van der Waals surface area contributed by atoms with Crippen molar-refractivity contribution in [2.24, 2.45) is 10.1 Å². The van der Waals surface area contributed by atoms with Gasteiger partial charge in [0.15, 0.2) is 0 Å². The zero-order chi connectivity index (χ0) is 23.8. The third-order valence-electron chi connectivity index (χ3n) is 5.10. The molecule has 1 N–H and O–H groups in total. The van der Waals surface area contributed by atoms with E-state index in [4.69, 9.17) is 25.9 Å². The molecule has 33 heavy (non-hydrogen) atoms. The quantitative estimate of drug-likeness (QED) is 0.339. The Hall–Kier alpha value is -3.36. The first-order chi connectivity index (χ1) is 15.8. The fourth-order valence-electron chi connectivity index (χ4n) is 3.15. The lowest BCUT2D eigenvalue weighted by atomic mass is 10.0. The molecule has 0 spiro atoms. The molecule has 0 saturated carbocycles. The molecule has 1 heterocycles. The molecule has 0 aromatic heterocycles. The van der Waals surface area contributed by atoms with Gasteiger partial charge in [0.25, 0.3) is 0 Å². The topological polar surface area (TPSA) is 84.8 Å². The summed E-state index contributed by atoms with van der Waals surface area (Å²) in [6.07, 6.45) is 3.36. The van der Waals surface area contributed by atoms with Gasteiger partial charge in [-0.3, -0.25) is 9.69 Å². The van der Waals surface area contributed by atoms with Crippen molar-refractivity contribution >= 4 is 29.6 Å². The number of likely N-dealkylation sites (N-methyl/N-ethyl adjacent to an activating group) is 1. The second kappa shape index (κ2) is 11.0. The normalized spacial score (nSPS) is 17.9. The summed E-state index contributed by atoms with van der Waals surface area (Å²) >= 11 is 6.00. The van der Waals surface area contributed by atoms with Gasteiger partial charge in [-0.25, -0.2) is 4.99 Å². The van der Waals surface area contributed by atoms with Gasteiger partial charge in [0, 0.05) is 16.7 Å². The van der Waals surface area contributed by atoms with Gasteiger partial charge in [-0.05, 0) is 50.8 Å². The molecule has 0 saturated heterocycles. The standard InChI is InChI=1S/C24H27ClN4O4/c1-17(28-32-15-18-7-5-9-20(25)11-18)19-8-6-10-21(12-19)33-22-13-24(29(2)3,27-16-26-22)14-23(30)31-4/h5-13,16H,14-15H2,1-4H3,(H,26,27). The summed E-state index contributed by atoms with van der Waals surface area (Å²) in [6.45, 7) is 2.17. The summed E-state index contributed by atoms with van der Waals surface area (Å²) in [5, 5.41) is 7.97. The molecule has 0 fully saturated rings. The third-order valence-corrected chi connectivity index (χ3v) is 5.34. The van der Waals surface area contributed by atoms with E-state index < -0.39 is 5.66 Å². The number of aliphatic imine (C=N–C) groups is 1. The molecular formula is C24H27ClN4O4. The fourth-order valence-corrected chi connectivity index (χ4v) is 3.36. The van der Waals surface area contributed by atoms with Gasteiger partial charge in [0.1, 0.15) is 18.0 Å². The van der Waals surface area contributed by atoms with Crippen LogP contribution in [0.4, 0.5) is 0 Å². The van der Waals surface area contributed by atoms with Crippen molar-refractivity contribution in [1.82, 2.24) is 10.2 Å². The second-order valence-electron chi connectivity index (χ2n) is 7.67. The van der Waals surface area contributed by atoms with Gasteiger partial charge in [-0.1, -0.05) is 41.0 Å². The zero-order valence-corrected chi connectivity index (χ0v) is 19.8. The Bertz CT molecular complexity index is 1080. The first-order valence-electron chi connectivity index (χ1n) is 10.3.